The molecule has 8 aliphatic carbocycles. The number of fused-ring (bicyclic) bond motifs is 8. The highest BCUT2D eigenvalue weighted by molar-refractivity contribution is 6.31. The van der Waals surface area contributed by atoms with Crippen LogP contribution in [0, 0.1) is 96.5 Å². The molecule has 8 aliphatic heterocycles. The molecule has 0 aromatic heterocycles. The lowest BCUT2D eigenvalue weighted by atomic mass is 9.77. The molecule has 0 bridgehead atoms. The van der Waals surface area contributed by atoms with E-state index in [2.05, 4.69) is 76.8 Å². The van der Waals surface area contributed by atoms with Crippen LogP contribution in [-0.2, 0) is 70.5 Å². The second kappa shape index (κ2) is 40.6. The van der Waals surface area contributed by atoms with Crippen molar-refractivity contribution in [1.29, 1.82) is 0 Å². The second-order valence-corrected chi connectivity index (χ2v) is 40.3. The zero-order valence-corrected chi connectivity index (χ0v) is 72.0. The van der Waals surface area contributed by atoms with Crippen LogP contribution in [0.25, 0.3) is 0 Å². The summed E-state index contributed by atoms with van der Waals surface area (Å²) >= 11 is 12.7. The summed E-state index contributed by atoms with van der Waals surface area (Å²) in [5.74, 6) is 9.18. The van der Waals surface area contributed by atoms with Gasteiger partial charge in [0.05, 0.1) is 26.2 Å². The van der Waals surface area contributed by atoms with Gasteiger partial charge in [0.25, 0.3) is 0 Å². The zero-order valence-electron chi connectivity index (χ0n) is 70.5. The predicted octanol–water partition coefficient (Wildman–Crippen LogP) is 20.5. The highest BCUT2D eigenvalue weighted by atomic mass is 35.5. The maximum atomic E-state index is 14.1. The van der Waals surface area contributed by atoms with Gasteiger partial charge in [0.15, 0.2) is 0 Å². The van der Waals surface area contributed by atoms with Crippen molar-refractivity contribution >= 4 is 71.2 Å². The molecule has 12 nitrogen and oxygen atoms in total. The summed E-state index contributed by atoms with van der Waals surface area (Å²) < 4.78 is 27.8. The van der Waals surface area contributed by atoms with Gasteiger partial charge in [-0.25, -0.2) is 8.78 Å². The van der Waals surface area contributed by atoms with Crippen molar-refractivity contribution in [2.45, 2.75) is 258 Å². The Labute approximate surface area is 726 Å². The van der Waals surface area contributed by atoms with Crippen LogP contribution in [0.2, 0.25) is 10.0 Å². The molecule has 16 heteroatoms. The van der Waals surface area contributed by atoms with Gasteiger partial charge in [-0.1, -0.05) is 114 Å². The van der Waals surface area contributed by atoms with E-state index in [-0.39, 0.29) is 26.5 Å². The Morgan fingerprint density at radius 1 is 0.342 bits per heavy atom. The van der Waals surface area contributed by atoms with Crippen LogP contribution in [0.5, 0.6) is 0 Å². The average molecular weight is 1670 g/mol. The molecule has 20 rings (SSSR count). The zero-order chi connectivity index (χ0) is 80.9. The van der Waals surface area contributed by atoms with E-state index in [1.54, 1.807) is 18.2 Å². The molecule has 16 aliphatic rings. The van der Waals surface area contributed by atoms with Crippen molar-refractivity contribution in [2.24, 2.45) is 91.0 Å². The second-order valence-electron chi connectivity index (χ2n) is 39.5. The van der Waals surface area contributed by atoms with Gasteiger partial charge in [-0.3, -0.25) is 58.7 Å². The van der Waals surface area contributed by atoms with Crippen LogP contribution in [-0.4, -0.2) is 170 Å². The third-order valence-corrected chi connectivity index (χ3v) is 32.1. The molecule has 8 fully saturated rings. The first-order valence-electron chi connectivity index (χ1n) is 46.3. The molecule has 16 unspecified atom stereocenters. The van der Waals surface area contributed by atoms with Crippen molar-refractivity contribution in [3.63, 3.8) is 0 Å². The molecule has 0 amide bonds. The van der Waals surface area contributed by atoms with Crippen LogP contribution in [0.4, 0.5) is 8.78 Å². The molecule has 4 saturated carbocycles. The largest absolute Gasteiger partial charge is 0.300 e. The van der Waals surface area contributed by atoms with Crippen LogP contribution < -0.4 is 0 Å². The number of nitrogens with zero attached hydrogens (tertiary/aromatic N) is 8. The number of hydrogen-bond donors (Lipinski definition) is 0. The summed E-state index contributed by atoms with van der Waals surface area (Å²) in [6, 6.07) is 22.5. The van der Waals surface area contributed by atoms with Crippen LogP contribution in [0.15, 0.2) is 127 Å². The maximum absolute atomic E-state index is 14.1. The number of aryl methyl sites for hydroxylation is 2. The number of benzene rings is 4. The molecule has 644 valence electrons. The molecule has 0 radical (unpaired) electrons. The first-order chi connectivity index (χ1) is 57.4. The average Bonchev–Trinajstić information content (AvgIpc) is 1.64. The number of aliphatic imine (C=N–C) groups is 4. The summed E-state index contributed by atoms with van der Waals surface area (Å²) in [5.41, 5.74) is 17.8. The van der Waals surface area contributed by atoms with Crippen molar-refractivity contribution in [3.05, 3.63) is 185 Å². The lowest BCUT2D eigenvalue weighted by Gasteiger charge is -2.38. The maximum Gasteiger partial charge on any atom is 0.137 e. The molecule has 4 saturated heterocycles. The fourth-order valence-electron chi connectivity index (χ4n) is 25.5. The number of ketones is 4. The number of carbonyl (C=O) groups excluding carboxylic acids is 4. The quantitative estimate of drug-likeness (QED) is 0.0855. The molecule has 16 atom stereocenters. The summed E-state index contributed by atoms with van der Waals surface area (Å²) in [4.78, 5) is 78.7. The topological polar surface area (TPSA) is 131 Å². The summed E-state index contributed by atoms with van der Waals surface area (Å²) in [6.45, 7) is 16.2. The van der Waals surface area contributed by atoms with E-state index in [9.17, 15) is 28.0 Å². The molecule has 0 N–H and O–H groups in total. The monoisotopic (exact) mass is 1670 g/mol. The number of hydrogen-bond acceptors (Lipinski definition) is 12. The minimum Gasteiger partial charge on any atom is -0.300 e. The highest BCUT2D eigenvalue weighted by Crippen LogP contribution is 2.47. The molecule has 120 heavy (non-hydrogen) atoms. The van der Waals surface area contributed by atoms with Crippen molar-refractivity contribution < 1.29 is 28.0 Å². The number of Topliss-reactive ketones (excluding diaryl/α,β-unsaturated/α-hetero) is 4. The number of carbonyl (C=O) groups is 4. The lowest BCUT2D eigenvalue weighted by Crippen LogP contribution is -2.42. The Morgan fingerprint density at radius 3 is 0.942 bits per heavy atom. The Hall–Kier alpha value is -6.52. The van der Waals surface area contributed by atoms with Crippen LogP contribution in [0.3, 0.4) is 0 Å². The van der Waals surface area contributed by atoms with E-state index in [1.807, 2.05) is 68.2 Å². The van der Waals surface area contributed by atoms with Gasteiger partial charge in [0.1, 0.15) is 34.8 Å². The first kappa shape index (κ1) is 88.3. The Bertz CT molecular complexity index is 4250. The van der Waals surface area contributed by atoms with E-state index >= 15 is 0 Å². The molecular weight excluding hydrogens is 1530 g/mol. The van der Waals surface area contributed by atoms with Gasteiger partial charge in [-0.2, -0.15) is 0 Å². The first-order valence-corrected chi connectivity index (χ1v) is 47.0. The number of rotatable bonds is 20. The third kappa shape index (κ3) is 21.5. The van der Waals surface area contributed by atoms with E-state index < -0.39 is 0 Å². The minimum atomic E-state index is -0.106. The van der Waals surface area contributed by atoms with Crippen molar-refractivity contribution in [3.8, 4) is 0 Å². The van der Waals surface area contributed by atoms with E-state index in [4.69, 9.17) is 23.2 Å². The highest BCUT2D eigenvalue weighted by Gasteiger charge is 2.47. The van der Waals surface area contributed by atoms with Crippen LogP contribution >= 0.6 is 23.2 Å². The van der Waals surface area contributed by atoms with Crippen LogP contribution in [0.1, 0.15) is 225 Å². The van der Waals surface area contributed by atoms with E-state index in [0.717, 1.165) is 130 Å². The Kier molecular flexibility index (Phi) is 29.9. The van der Waals surface area contributed by atoms with Gasteiger partial charge in [-0.15, -0.1) is 0 Å². The smallest absolute Gasteiger partial charge is 0.137 e. The molecule has 0 spiro atoms. The van der Waals surface area contributed by atoms with E-state index in [1.165, 1.54) is 227 Å². The SMILES string of the molecule is C.C.Cc1cc2c(cc1Cl)CC1CN(C3CCCCC3CC(=O)CC3=CC=NC3)CC1C2.Cc1cc2c(cc1F)CC1CN(C3CCCCC3CC(=O)CC3=CC=NC3)CC1C2.O=C(CC1=CC=NC1)CC1CCCCC1N1CC2Cc3ccc(Cl)cc3CC2C1.O=C(CC1=CC=NC1)CC1CCCCC1N1CC2Cc3ccc(F)cc3CC2C1. The number of allylic oxidation sites excluding steroid dienone is 4. The lowest BCUT2D eigenvalue weighted by molar-refractivity contribution is -0.121. The Morgan fingerprint density at radius 2 is 0.617 bits per heavy atom. The Balaban J connectivity index is 0.000000124. The summed E-state index contributed by atoms with van der Waals surface area (Å²) in [7, 11) is 0. The van der Waals surface area contributed by atoms with Gasteiger partial charge in [0, 0.05) is 163 Å². The molecule has 4 aromatic rings. The fourth-order valence-corrected chi connectivity index (χ4v) is 25.8. The summed E-state index contributed by atoms with van der Waals surface area (Å²) in [6.07, 6.45) is 49.6. The molecule has 4 aromatic carbocycles. The third-order valence-electron chi connectivity index (χ3n) is 31.4. The van der Waals surface area contributed by atoms with Gasteiger partial charge in [-0.05, 0) is 326 Å². The molecule has 8 heterocycles. The molecular formula is C104H136Cl2F2N8O4. The van der Waals surface area contributed by atoms with Gasteiger partial charge < -0.3 is 0 Å². The minimum absolute atomic E-state index is 0. The fraction of sp³-hybridized carbons (Fsp3) is 0.615. The number of halogens is 4. The number of likely N-dealkylation sites (tertiary alicyclic amines) is 4. The normalized spacial score (nSPS) is 30.6. The van der Waals surface area contributed by atoms with E-state index in [0.29, 0.717) is 133 Å². The van der Waals surface area contributed by atoms with Crippen molar-refractivity contribution in [1.82, 2.24) is 19.6 Å². The van der Waals surface area contributed by atoms with Gasteiger partial charge >= 0.3 is 0 Å². The van der Waals surface area contributed by atoms with Gasteiger partial charge in [0.2, 0.25) is 0 Å². The van der Waals surface area contributed by atoms with Crippen molar-refractivity contribution in [2.75, 3.05) is 78.5 Å². The standard InChI is InChI=1S/C26H33ClN2O.C26H33FN2O.C25H31ClN2O.C25H31FN2O.2CH4/c2*1-17-8-20-10-22-15-29(16-23(22)11-21(20)13-25(17)27)26-5-3-2-4-19(26)12-24(30)9-18-6-7-28-14-18;2*26-23-6-5-18-10-21-15-28(16-22(21)11-20(18)12-23)25-4-2-1-3-19(25)13-24(29)9-17-7-8-27-14-17;;/h2*6-8,13,19,22-23,26H,2-5,9-12,14-16H2,1H3;2*5-8,12,19,21-22,25H,1-4,9-11,13-16H2;2*1H4. The predicted molar refractivity (Wildman–Crippen MR) is 488 cm³/mol. The summed E-state index contributed by atoms with van der Waals surface area (Å²) in [5, 5.41) is 1.78.